The number of allylic oxidation sites excluding steroid dienone is 2. The number of unbranched alkanes of at least 4 members (excludes halogenated alkanes) is 14. The molecule has 0 fully saturated rings. The van der Waals surface area contributed by atoms with E-state index in [9.17, 15) is 14.4 Å². The van der Waals surface area contributed by atoms with Crippen LogP contribution in [0.25, 0.3) is 11.1 Å². The fourth-order valence-electron chi connectivity index (χ4n) is 7.78. The molecule has 0 bridgehead atoms. The Morgan fingerprint density at radius 1 is 0.455 bits per heavy atom. The number of rotatable bonds is 30. The summed E-state index contributed by atoms with van der Waals surface area (Å²) in [5.74, 6) is 0.628. The molecule has 0 spiro atoms. The largest absolute Gasteiger partial charge is 0.494 e. The maximum atomic E-state index is 13.0. The zero-order valence-corrected chi connectivity index (χ0v) is 40.3. The normalized spacial score (nSPS) is 14.3. The molecule has 0 amide bonds. The Balaban J connectivity index is 1.11. The number of hydrogen-bond acceptors (Lipinski definition) is 9. The molecule has 0 radical (unpaired) electrons. The van der Waals surface area contributed by atoms with Crippen LogP contribution in [0.4, 0.5) is 0 Å². The molecular formula is C57H70O8S. The van der Waals surface area contributed by atoms with Crippen molar-refractivity contribution in [3.8, 4) is 23.0 Å². The van der Waals surface area contributed by atoms with Crippen molar-refractivity contribution >= 4 is 40.8 Å². The van der Waals surface area contributed by atoms with Crippen LogP contribution in [0.1, 0.15) is 155 Å². The predicted molar refractivity (Wildman–Crippen MR) is 270 cm³/mol. The molecule has 5 rings (SSSR count). The number of benzene rings is 4. The lowest BCUT2D eigenvalue weighted by Gasteiger charge is -2.23. The van der Waals surface area contributed by atoms with E-state index in [2.05, 4.69) is 27.0 Å². The highest BCUT2D eigenvalue weighted by atomic mass is 32.2. The number of hydrogen-bond donors (Lipinski definition) is 0. The topological polar surface area (TPSA) is 97.4 Å². The highest BCUT2D eigenvalue weighted by Gasteiger charge is 2.36. The molecule has 0 saturated heterocycles. The zero-order chi connectivity index (χ0) is 46.9. The highest BCUT2D eigenvalue weighted by molar-refractivity contribution is 8.05. The maximum Gasteiger partial charge on any atom is 0.344 e. The van der Waals surface area contributed by atoms with Crippen LogP contribution < -0.4 is 18.9 Å². The van der Waals surface area contributed by atoms with E-state index >= 15 is 0 Å². The van der Waals surface area contributed by atoms with E-state index in [0.29, 0.717) is 40.7 Å². The van der Waals surface area contributed by atoms with Crippen LogP contribution in [0.2, 0.25) is 0 Å². The monoisotopic (exact) mass is 914 g/mol. The summed E-state index contributed by atoms with van der Waals surface area (Å²) in [5.41, 5.74) is 4.04. The molecule has 0 saturated carbocycles. The molecule has 0 unspecified atom stereocenters. The van der Waals surface area contributed by atoms with Gasteiger partial charge in [-0.2, -0.15) is 0 Å². The summed E-state index contributed by atoms with van der Waals surface area (Å²) >= 11 is 1.39. The molecule has 4 aromatic rings. The average molecular weight is 915 g/mol. The van der Waals surface area contributed by atoms with Crippen molar-refractivity contribution in [2.45, 2.75) is 129 Å². The summed E-state index contributed by atoms with van der Waals surface area (Å²) < 4.78 is 28.6. The van der Waals surface area contributed by atoms with Gasteiger partial charge in [-0.25, -0.2) is 14.4 Å². The first kappa shape index (κ1) is 51.4. The highest BCUT2D eigenvalue weighted by Crippen LogP contribution is 2.48. The van der Waals surface area contributed by atoms with Crippen LogP contribution >= 0.6 is 11.8 Å². The van der Waals surface area contributed by atoms with Gasteiger partial charge in [0.25, 0.3) is 0 Å². The Hall–Kier alpha value is -5.54. The molecule has 0 N–H and O–H groups in total. The van der Waals surface area contributed by atoms with Crippen molar-refractivity contribution in [2.75, 3.05) is 19.8 Å². The second kappa shape index (κ2) is 28.5. The quantitative estimate of drug-likeness (QED) is 0.0288. The first-order chi connectivity index (χ1) is 32.2. The summed E-state index contributed by atoms with van der Waals surface area (Å²) in [7, 11) is 0. The Morgan fingerprint density at radius 3 is 1.23 bits per heavy atom. The minimum absolute atomic E-state index is 0.253. The summed E-state index contributed by atoms with van der Waals surface area (Å²) in [5, 5.41) is -0.272. The maximum absolute atomic E-state index is 13.0. The second-order valence-electron chi connectivity index (χ2n) is 16.9. The zero-order valence-electron chi connectivity index (χ0n) is 39.5. The van der Waals surface area contributed by atoms with Gasteiger partial charge in [-0.05, 0) is 115 Å². The predicted octanol–water partition coefficient (Wildman–Crippen LogP) is 15.1. The molecule has 1 aliphatic heterocycles. The van der Waals surface area contributed by atoms with Gasteiger partial charge in [0.05, 0.1) is 35.9 Å². The van der Waals surface area contributed by atoms with Gasteiger partial charge in [-0.3, -0.25) is 0 Å². The second-order valence-corrected chi connectivity index (χ2v) is 18.1. The molecule has 1 aliphatic rings. The first-order valence-electron chi connectivity index (χ1n) is 24.2. The van der Waals surface area contributed by atoms with E-state index < -0.39 is 17.9 Å². The number of carbonyl (C=O) groups excluding carboxylic acids is 3. The molecule has 2 atom stereocenters. The Bertz CT molecular complexity index is 2160. The van der Waals surface area contributed by atoms with Crippen LogP contribution in [0.5, 0.6) is 23.0 Å². The molecule has 0 aliphatic carbocycles. The lowest BCUT2D eigenvalue weighted by atomic mass is 9.86. The van der Waals surface area contributed by atoms with Gasteiger partial charge < -0.3 is 23.7 Å². The minimum Gasteiger partial charge on any atom is -0.494 e. The number of carbonyl (C=O) groups is 3. The standard InChI is InChI=1S/C57H70O8S/c1-6-9-11-13-15-17-19-21-39-62-48-31-27-46(28-32-48)55(58)64-50-35-23-44(24-36-50)42(4)52-41-53(57(60)61-8-3)66-54(52)43(5)45-25-37-51(38-26-45)65-56(59)47-29-33-49(34-30-47)63-40-22-20-18-16-14-12-10-7-2/h23-38,41,52,54H,4-22,39-40H2,1-3H3/t52-,54-/m1/s1. The SMILES string of the molecule is C=C(c1ccc(OC(=O)c2ccc(OCCCCCCCCCC)cc2)cc1)[C@H]1C=C(C(=O)OCC)S[C@@H]1C(=C)c1ccc(OC(=O)c2ccc(OCCCCCCCCCC)cc2)cc1. The van der Waals surface area contributed by atoms with E-state index in [1.807, 2.05) is 30.3 Å². The van der Waals surface area contributed by atoms with Crippen LogP contribution in [0.3, 0.4) is 0 Å². The van der Waals surface area contributed by atoms with Gasteiger partial charge >= 0.3 is 17.9 Å². The van der Waals surface area contributed by atoms with E-state index in [4.69, 9.17) is 23.7 Å². The summed E-state index contributed by atoms with van der Waals surface area (Å²) in [6, 6.07) is 28.5. The van der Waals surface area contributed by atoms with E-state index in [0.717, 1.165) is 59.5 Å². The van der Waals surface area contributed by atoms with Crippen LogP contribution in [-0.2, 0) is 9.53 Å². The summed E-state index contributed by atoms with van der Waals surface area (Å²) in [6.07, 6.45) is 21.7. The van der Waals surface area contributed by atoms with Crippen LogP contribution in [0.15, 0.2) is 121 Å². The van der Waals surface area contributed by atoms with Crippen molar-refractivity contribution in [1.82, 2.24) is 0 Å². The summed E-state index contributed by atoms with van der Waals surface area (Å²) in [4.78, 5) is 39.5. The molecule has 9 heteroatoms. The van der Waals surface area contributed by atoms with Crippen molar-refractivity contribution < 1.29 is 38.1 Å². The van der Waals surface area contributed by atoms with Gasteiger partial charge in [-0.15, -0.1) is 11.8 Å². The van der Waals surface area contributed by atoms with Gasteiger partial charge in [0.15, 0.2) is 0 Å². The Kier molecular flexibility index (Phi) is 22.2. The van der Waals surface area contributed by atoms with E-state index in [-0.39, 0.29) is 17.8 Å². The van der Waals surface area contributed by atoms with E-state index in [1.54, 1.807) is 79.7 Å². The van der Waals surface area contributed by atoms with Crippen LogP contribution in [0, 0.1) is 5.92 Å². The number of thioether (sulfide) groups is 1. The lowest BCUT2D eigenvalue weighted by Crippen LogP contribution is -2.15. The fourth-order valence-corrected chi connectivity index (χ4v) is 9.10. The van der Waals surface area contributed by atoms with Crippen molar-refractivity contribution in [2.24, 2.45) is 5.92 Å². The van der Waals surface area contributed by atoms with Gasteiger partial charge in [-0.1, -0.05) is 147 Å². The van der Waals surface area contributed by atoms with Crippen LogP contribution in [-0.4, -0.2) is 43.0 Å². The summed E-state index contributed by atoms with van der Waals surface area (Å²) in [6.45, 7) is 16.7. The number of esters is 3. The smallest absolute Gasteiger partial charge is 0.344 e. The first-order valence-corrected chi connectivity index (χ1v) is 25.1. The van der Waals surface area contributed by atoms with Gasteiger partial charge in [0.2, 0.25) is 0 Å². The van der Waals surface area contributed by atoms with Gasteiger partial charge in [0, 0.05) is 11.2 Å². The van der Waals surface area contributed by atoms with Crippen molar-refractivity contribution in [3.63, 3.8) is 0 Å². The molecule has 0 aromatic heterocycles. The van der Waals surface area contributed by atoms with E-state index in [1.165, 1.54) is 88.8 Å². The van der Waals surface area contributed by atoms with Crippen molar-refractivity contribution in [1.29, 1.82) is 0 Å². The molecule has 4 aromatic carbocycles. The van der Waals surface area contributed by atoms with Crippen molar-refractivity contribution in [3.05, 3.63) is 143 Å². The Morgan fingerprint density at radius 2 is 0.818 bits per heavy atom. The molecule has 352 valence electrons. The third-order valence-electron chi connectivity index (χ3n) is 11.7. The average Bonchev–Trinajstić information content (AvgIpc) is 3.79. The third kappa shape index (κ3) is 16.7. The fraction of sp³-hybridized carbons (Fsp3) is 0.421. The minimum atomic E-state index is -0.467. The molecular weight excluding hydrogens is 845 g/mol. The number of ether oxygens (including phenoxy) is 5. The third-order valence-corrected chi connectivity index (χ3v) is 13.1. The van der Waals surface area contributed by atoms with Gasteiger partial charge in [0.1, 0.15) is 23.0 Å². The molecule has 66 heavy (non-hydrogen) atoms. The Labute approximate surface area is 398 Å². The molecule has 8 nitrogen and oxygen atoms in total. The molecule has 1 heterocycles. The lowest BCUT2D eigenvalue weighted by molar-refractivity contribution is -0.137.